The zero-order chi connectivity index (χ0) is 25.0. The third-order valence-electron chi connectivity index (χ3n) is 5.22. The Morgan fingerprint density at radius 2 is 1.60 bits per heavy atom. The normalized spacial score (nSPS) is 16.9. The van der Waals surface area contributed by atoms with Crippen molar-refractivity contribution in [3.8, 4) is 0 Å². The first-order valence-corrected chi connectivity index (χ1v) is 13.8. The molecule has 2 N–H and O–H groups in total. The van der Waals surface area contributed by atoms with Crippen LogP contribution in [0.5, 0.6) is 0 Å². The highest BCUT2D eigenvalue weighted by Crippen LogP contribution is 2.30. The first-order chi connectivity index (χ1) is 16.8. The van der Waals surface area contributed by atoms with Crippen LogP contribution in [0.4, 0.5) is 0 Å². The lowest BCUT2D eigenvalue weighted by Crippen LogP contribution is -2.27. The van der Waals surface area contributed by atoms with Crippen LogP contribution in [0.3, 0.4) is 0 Å². The van der Waals surface area contributed by atoms with Crippen molar-refractivity contribution in [1.82, 2.24) is 5.01 Å². The molecule has 1 aliphatic rings. The Morgan fingerprint density at radius 3 is 2.20 bits per heavy atom. The van der Waals surface area contributed by atoms with E-state index in [1.54, 1.807) is 18.4 Å². The van der Waals surface area contributed by atoms with Crippen molar-refractivity contribution >= 4 is 61.8 Å². The van der Waals surface area contributed by atoms with E-state index in [0.717, 1.165) is 16.8 Å². The fraction of sp³-hybridized carbons (Fsp3) is 0.125. The fourth-order valence-electron chi connectivity index (χ4n) is 3.49. The van der Waals surface area contributed by atoms with Gasteiger partial charge in [0.25, 0.3) is 16.0 Å². The van der Waals surface area contributed by atoms with E-state index in [9.17, 15) is 8.42 Å². The van der Waals surface area contributed by atoms with Gasteiger partial charge < -0.3 is 5.73 Å². The fourth-order valence-corrected chi connectivity index (χ4v) is 4.85. The summed E-state index contributed by atoms with van der Waals surface area (Å²) in [6.45, 7) is 0.322. The van der Waals surface area contributed by atoms with E-state index < -0.39 is 10.0 Å². The summed E-state index contributed by atoms with van der Waals surface area (Å²) in [6, 6.07) is 22.9. The third kappa shape index (κ3) is 6.05. The number of nitrogens with two attached hydrogens (primary N) is 1. The second-order valence-corrected chi connectivity index (χ2v) is 10.8. The molecule has 0 fully saturated rings. The van der Waals surface area contributed by atoms with Gasteiger partial charge in [0, 0.05) is 16.0 Å². The summed E-state index contributed by atoms with van der Waals surface area (Å²) in [5.41, 5.74) is 8.57. The van der Waals surface area contributed by atoms with Gasteiger partial charge in [0.05, 0.1) is 17.2 Å². The van der Waals surface area contributed by atoms with Crippen LogP contribution >= 0.6 is 35.0 Å². The molecule has 4 rings (SSSR count). The van der Waals surface area contributed by atoms with Gasteiger partial charge >= 0.3 is 0 Å². The van der Waals surface area contributed by atoms with E-state index in [2.05, 4.69) is 9.39 Å². The Morgan fingerprint density at radius 1 is 1.00 bits per heavy atom. The molecule has 1 aliphatic heterocycles. The van der Waals surface area contributed by atoms with Crippen molar-refractivity contribution in [1.29, 1.82) is 0 Å². The van der Waals surface area contributed by atoms with Gasteiger partial charge in [-0.2, -0.15) is 18.5 Å². The van der Waals surface area contributed by atoms with Crippen molar-refractivity contribution in [2.24, 2.45) is 20.2 Å². The maximum Gasteiger partial charge on any atom is 0.285 e. The average molecular weight is 547 g/mol. The van der Waals surface area contributed by atoms with Gasteiger partial charge in [-0.3, -0.25) is 0 Å². The Hall–Kier alpha value is -2.85. The van der Waals surface area contributed by atoms with Gasteiger partial charge in [0.1, 0.15) is 0 Å². The molecule has 0 radical (unpaired) electrons. The standard InChI is InChI=1S/C24H21Cl2N5O2S2/c1-34-23(27)28-24(30-35(32,33)20-13-11-19(26)12-14-20)31-15-21(16-5-3-2-4-6-16)22(29-31)17-7-9-18(25)10-8-17/h2-14,21H,15H2,1H3,(H2,27,28,30)/t21-/m1/s1. The highest BCUT2D eigenvalue weighted by atomic mass is 35.5. The van der Waals surface area contributed by atoms with E-state index >= 15 is 0 Å². The molecule has 3 aromatic carbocycles. The van der Waals surface area contributed by atoms with Gasteiger partial charge in [-0.25, -0.2) is 5.01 Å². The Kier molecular flexibility index (Phi) is 7.81. The number of halogens is 2. The second kappa shape index (κ2) is 10.8. The minimum absolute atomic E-state index is 0.0157. The highest BCUT2D eigenvalue weighted by molar-refractivity contribution is 8.13. The van der Waals surface area contributed by atoms with Crippen molar-refractivity contribution in [3.05, 3.63) is 100 Å². The van der Waals surface area contributed by atoms with Crippen LogP contribution in [0.2, 0.25) is 10.0 Å². The summed E-state index contributed by atoms with van der Waals surface area (Å²) >= 11 is 13.2. The van der Waals surface area contributed by atoms with Gasteiger partial charge in [0.2, 0.25) is 0 Å². The van der Waals surface area contributed by atoms with E-state index in [4.69, 9.17) is 34.0 Å². The van der Waals surface area contributed by atoms with Crippen LogP contribution in [-0.2, 0) is 10.0 Å². The van der Waals surface area contributed by atoms with Crippen LogP contribution in [0.15, 0.2) is 98.2 Å². The number of amidine groups is 1. The zero-order valence-corrected chi connectivity index (χ0v) is 21.7. The average Bonchev–Trinajstić information content (AvgIpc) is 3.30. The molecule has 180 valence electrons. The van der Waals surface area contributed by atoms with Crippen molar-refractivity contribution in [2.75, 3.05) is 12.8 Å². The lowest BCUT2D eigenvalue weighted by molar-refractivity contribution is 0.470. The molecule has 1 atom stereocenters. The summed E-state index contributed by atoms with van der Waals surface area (Å²) in [5, 5.41) is 7.39. The number of benzene rings is 3. The molecule has 35 heavy (non-hydrogen) atoms. The predicted molar refractivity (Wildman–Crippen MR) is 145 cm³/mol. The maximum atomic E-state index is 13.1. The van der Waals surface area contributed by atoms with Gasteiger partial charge in [-0.05, 0) is 53.8 Å². The van der Waals surface area contributed by atoms with Crippen LogP contribution in [0.1, 0.15) is 17.0 Å². The number of hydrogen-bond acceptors (Lipinski definition) is 4. The lowest BCUT2D eigenvalue weighted by atomic mass is 9.91. The molecule has 3 aromatic rings. The molecular weight excluding hydrogens is 525 g/mol. The molecule has 0 aromatic heterocycles. The molecule has 0 amide bonds. The minimum atomic E-state index is -4.11. The van der Waals surface area contributed by atoms with Crippen LogP contribution in [0.25, 0.3) is 0 Å². The molecule has 0 spiro atoms. The van der Waals surface area contributed by atoms with E-state index in [-0.39, 0.29) is 21.9 Å². The number of aliphatic imine (C=N–C) groups is 1. The van der Waals surface area contributed by atoms with E-state index in [1.807, 2.05) is 42.5 Å². The number of nitrogens with zero attached hydrogens (tertiary/aromatic N) is 4. The Bertz CT molecular complexity index is 1390. The maximum absolute atomic E-state index is 13.1. The number of thioether (sulfide) groups is 1. The van der Waals surface area contributed by atoms with Crippen molar-refractivity contribution in [3.63, 3.8) is 0 Å². The second-order valence-electron chi connectivity index (χ2n) is 7.51. The lowest BCUT2D eigenvalue weighted by Gasteiger charge is -2.16. The minimum Gasteiger partial charge on any atom is -0.378 e. The number of hydrazone groups is 1. The summed E-state index contributed by atoms with van der Waals surface area (Å²) in [4.78, 5) is 4.26. The first kappa shape index (κ1) is 25.2. The molecule has 0 unspecified atom stereocenters. The largest absolute Gasteiger partial charge is 0.378 e. The number of sulfonamides is 1. The number of hydrogen-bond donors (Lipinski definition) is 1. The molecule has 0 saturated heterocycles. The zero-order valence-electron chi connectivity index (χ0n) is 18.5. The molecule has 0 aliphatic carbocycles. The molecule has 7 nitrogen and oxygen atoms in total. The van der Waals surface area contributed by atoms with Crippen LogP contribution < -0.4 is 5.73 Å². The summed E-state index contributed by atoms with van der Waals surface area (Å²) < 4.78 is 30.2. The van der Waals surface area contributed by atoms with E-state index in [0.29, 0.717) is 16.6 Å². The van der Waals surface area contributed by atoms with Gasteiger partial charge in [-0.15, -0.1) is 4.40 Å². The first-order valence-electron chi connectivity index (χ1n) is 10.4. The Balaban J connectivity index is 1.81. The summed E-state index contributed by atoms with van der Waals surface area (Å²) in [7, 11) is -4.11. The molecule has 0 bridgehead atoms. The van der Waals surface area contributed by atoms with Gasteiger partial charge in [-0.1, -0.05) is 77.4 Å². The third-order valence-corrected chi connectivity index (χ3v) is 7.50. The SMILES string of the molecule is CS/C(N)=N/C(=N\S(=O)(=O)c1ccc(Cl)cc1)N1C[C@H](c2ccccc2)C(c2ccc(Cl)cc2)=N1. The van der Waals surface area contributed by atoms with Gasteiger partial charge in [0.15, 0.2) is 5.17 Å². The van der Waals surface area contributed by atoms with Crippen molar-refractivity contribution < 1.29 is 8.42 Å². The number of rotatable bonds is 4. The quantitative estimate of drug-likeness (QED) is 0.357. The monoisotopic (exact) mass is 545 g/mol. The summed E-state index contributed by atoms with van der Waals surface area (Å²) in [5.74, 6) is -0.289. The summed E-state index contributed by atoms with van der Waals surface area (Å²) in [6.07, 6.45) is 1.74. The molecular formula is C24H21Cl2N5O2S2. The smallest absolute Gasteiger partial charge is 0.285 e. The van der Waals surface area contributed by atoms with E-state index in [1.165, 1.54) is 41.0 Å². The molecule has 11 heteroatoms. The van der Waals surface area contributed by atoms with Crippen LogP contribution in [-0.4, -0.2) is 43.1 Å². The Labute approximate surface area is 218 Å². The van der Waals surface area contributed by atoms with Crippen molar-refractivity contribution in [2.45, 2.75) is 10.8 Å². The van der Waals surface area contributed by atoms with Crippen LogP contribution in [0, 0.1) is 0 Å². The highest BCUT2D eigenvalue weighted by Gasteiger charge is 2.32. The molecule has 1 heterocycles. The predicted octanol–water partition coefficient (Wildman–Crippen LogP) is 5.22. The molecule has 0 saturated carbocycles. The topological polar surface area (TPSA) is 100 Å². The number of guanidine groups is 1.